The summed E-state index contributed by atoms with van der Waals surface area (Å²) in [6.45, 7) is 3.53. The van der Waals surface area contributed by atoms with Crippen molar-refractivity contribution in [3.05, 3.63) is 71.8 Å². The summed E-state index contributed by atoms with van der Waals surface area (Å²) in [7, 11) is 0. The van der Waals surface area contributed by atoms with Gasteiger partial charge in [0, 0.05) is 5.92 Å². The third-order valence-corrected chi connectivity index (χ3v) is 2.98. The van der Waals surface area contributed by atoms with Crippen molar-refractivity contribution in [3.8, 4) is 0 Å². The van der Waals surface area contributed by atoms with E-state index in [-0.39, 0.29) is 0 Å². The molecule has 0 spiro atoms. The summed E-state index contributed by atoms with van der Waals surface area (Å²) in [5.41, 5.74) is 2.48. The van der Waals surface area contributed by atoms with Gasteiger partial charge in [-0.3, -0.25) is 0 Å². The zero-order valence-electron chi connectivity index (χ0n) is 11.2. The highest BCUT2D eigenvalue weighted by molar-refractivity contribution is 5.41. The van der Waals surface area contributed by atoms with Crippen LogP contribution in [0.1, 0.15) is 24.0 Å². The Morgan fingerprint density at radius 3 is 2.21 bits per heavy atom. The van der Waals surface area contributed by atoms with E-state index in [1.165, 1.54) is 11.1 Å². The molecule has 0 fully saturated rings. The van der Waals surface area contributed by atoms with Crippen molar-refractivity contribution in [1.29, 1.82) is 0 Å². The third-order valence-electron chi connectivity index (χ3n) is 2.98. The molecule has 0 radical (unpaired) electrons. The zero-order chi connectivity index (χ0) is 13.3. The highest BCUT2D eigenvalue weighted by Crippen LogP contribution is 2.13. The topological polar surface area (TPSA) is 24.7 Å². The molecule has 0 heterocycles. The molecule has 0 saturated heterocycles. The number of hydrogen-bond donors (Lipinski definition) is 0. The number of hydrogen-bond acceptors (Lipinski definition) is 2. The molecule has 2 heteroatoms. The Bertz CT molecular complexity index is 540. The SMILES string of the molecule is CC(CN=C=NCc1ccccc1)c1ccccc1. The first kappa shape index (κ1) is 13.3. The van der Waals surface area contributed by atoms with Gasteiger partial charge in [0.2, 0.25) is 0 Å². The third kappa shape index (κ3) is 4.53. The normalized spacial score (nSPS) is 11.4. The molecule has 1 unspecified atom stereocenters. The van der Waals surface area contributed by atoms with Gasteiger partial charge in [-0.15, -0.1) is 0 Å². The second kappa shape index (κ2) is 7.30. The molecule has 0 saturated carbocycles. The predicted molar refractivity (Wildman–Crippen MR) is 79.7 cm³/mol. The molecule has 0 aromatic heterocycles. The summed E-state index contributed by atoms with van der Waals surface area (Å²) in [5.74, 6) is 0.403. The predicted octanol–water partition coefficient (Wildman–Crippen LogP) is 4.16. The lowest BCUT2D eigenvalue weighted by molar-refractivity contribution is 0.777. The first-order chi connectivity index (χ1) is 9.36. The molecular weight excluding hydrogens is 232 g/mol. The minimum Gasteiger partial charge on any atom is -0.225 e. The van der Waals surface area contributed by atoms with Crippen molar-refractivity contribution in [2.45, 2.75) is 19.4 Å². The average Bonchev–Trinajstić information content (AvgIpc) is 2.49. The van der Waals surface area contributed by atoms with Gasteiger partial charge in [0.25, 0.3) is 0 Å². The van der Waals surface area contributed by atoms with Gasteiger partial charge in [-0.1, -0.05) is 67.6 Å². The largest absolute Gasteiger partial charge is 0.225 e. The van der Waals surface area contributed by atoms with Crippen LogP contribution < -0.4 is 0 Å². The molecule has 2 aromatic carbocycles. The summed E-state index contributed by atoms with van der Waals surface area (Å²) in [4.78, 5) is 8.44. The van der Waals surface area contributed by atoms with E-state index in [1.54, 1.807) is 0 Å². The number of nitrogens with zero attached hydrogens (tertiary/aromatic N) is 2. The summed E-state index contributed by atoms with van der Waals surface area (Å²) >= 11 is 0. The summed E-state index contributed by atoms with van der Waals surface area (Å²) in [5, 5.41) is 0. The number of aliphatic imine (C=N–C) groups is 2. The Labute approximate surface area is 114 Å². The summed E-state index contributed by atoms with van der Waals surface area (Å²) in [6, 6.07) is 23.3. The molecule has 0 aliphatic heterocycles. The van der Waals surface area contributed by atoms with Crippen LogP contribution >= 0.6 is 0 Å². The maximum atomic E-state index is 4.25. The average molecular weight is 250 g/mol. The molecule has 0 aliphatic rings. The molecule has 2 nitrogen and oxygen atoms in total. The van der Waals surface area contributed by atoms with Crippen molar-refractivity contribution >= 4 is 6.01 Å². The molecule has 0 amide bonds. The lowest BCUT2D eigenvalue weighted by Crippen LogP contribution is -1.96. The molecule has 2 aromatic rings. The second-order valence-electron chi connectivity index (χ2n) is 4.55. The van der Waals surface area contributed by atoms with Gasteiger partial charge in [0.15, 0.2) is 0 Å². The van der Waals surface area contributed by atoms with Crippen LogP contribution in [0.2, 0.25) is 0 Å². The van der Waals surface area contributed by atoms with Crippen molar-refractivity contribution in [1.82, 2.24) is 0 Å². The van der Waals surface area contributed by atoms with Gasteiger partial charge < -0.3 is 0 Å². The van der Waals surface area contributed by atoms with E-state index in [2.05, 4.69) is 59.3 Å². The second-order valence-corrected chi connectivity index (χ2v) is 4.55. The lowest BCUT2D eigenvalue weighted by Gasteiger charge is -2.06. The fourth-order valence-electron chi connectivity index (χ4n) is 1.82. The van der Waals surface area contributed by atoms with Crippen molar-refractivity contribution < 1.29 is 0 Å². The van der Waals surface area contributed by atoms with Crippen molar-refractivity contribution in [2.75, 3.05) is 6.54 Å². The van der Waals surface area contributed by atoms with Crippen molar-refractivity contribution in [2.24, 2.45) is 9.98 Å². The van der Waals surface area contributed by atoms with Crippen LogP contribution in [0.15, 0.2) is 70.6 Å². The minimum absolute atomic E-state index is 0.403. The fourth-order valence-corrected chi connectivity index (χ4v) is 1.82. The van der Waals surface area contributed by atoms with Crippen LogP contribution in [0.5, 0.6) is 0 Å². The molecule has 96 valence electrons. The quantitative estimate of drug-likeness (QED) is 0.712. The maximum Gasteiger partial charge on any atom is 0.0896 e. The first-order valence-corrected chi connectivity index (χ1v) is 6.53. The van der Waals surface area contributed by atoms with E-state index < -0.39 is 0 Å². The van der Waals surface area contributed by atoms with E-state index >= 15 is 0 Å². The van der Waals surface area contributed by atoms with E-state index in [4.69, 9.17) is 0 Å². The fraction of sp³-hybridized carbons (Fsp3) is 0.235. The first-order valence-electron chi connectivity index (χ1n) is 6.53. The number of rotatable bonds is 5. The van der Waals surface area contributed by atoms with Gasteiger partial charge in [-0.2, -0.15) is 0 Å². The Morgan fingerprint density at radius 1 is 0.895 bits per heavy atom. The summed E-state index contributed by atoms with van der Waals surface area (Å²) in [6.07, 6.45) is 0. The monoisotopic (exact) mass is 250 g/mol. The minimum atomic E-state index is 0.403. The lowest BCUT2D eigenvalue weighted by atomic mass is 10.0. The standard InChI is InChI=1S/C17H18N2/c1-15(17-10-6-3-7-11-17)12-18-14-19-13-16-8-4-2-5-9-16/h2-11,15H,12-13H2,1H3. The van der Waals surface area contributed by atoms with Crippen LogP contribution in [0.4, 0.5) is 0 Å². The van der Waals surface area contributed by atoms with Gasteiger partial charge in [-0.25, -0.2) is 9.98 Å². The van der Waals surface area contributed by atoms with Crippen LogP contribution in [-0.2, 0) is 6.54 Å². The van der Waals surface area contributed by atoms with Crippen LogP contribution in [-0.4, -0.2) is 12.6 Å². The molecular formula is C17H18N2. The molecule has 1 atom stereocenters. The van der Waals surface area contributed by atoms with Crippen molar-refractivity contribution in [3.63, 3.8) is 0 Å². The smallest absolute Gasteiger partial charge is 0.0896 e. The molecule has 0 bridgehead atoms. The van der Waals surface area contributed by atoms with Gasteiger partial charge in [-0.05, 0) is 11.1 Å². The summed E-state index contributed by atoms with van der Waals surface area (Å²) < 4.78 is 0. The van der Waals surface area contributed by atoms with E-state index in [0.717, 1.165) is 6.54 Å². The highest BCUT2D eigenvalue weighted by atomic mass is 14.8. The Hall–Kier alpha value is -2.18. The van der Waals surface area contributed by atoms with Crippen LogP contribution in [0, 0.1) is 0 Å². The Balaban J connectivity index is 1.83. The van der Waals surface area contributed by atoms with E-state index in [9.17, 15) is 0 Å². The molecule has 0 N–H and O–H groups in total. The van der Waals surface area contributed by atoms with Crippen LogP contribution in [0.3, 0.4) is 0 Å². The van der Waals surface area contributed by atoms with Gasteiger partial charge in [0.05, 0.1) is 19.1 Å². The maximum absolute atomic E-state index is 4.25. The zero-order valence-corrected chi connectivity index (χ0v) is 11.2. The molecule has 2 rings (SSSR count). The van der Waals surface area contributed by atoms with Crippen LogP contribution in [0.25, 0.3) is 0 Å². The Morgan fingerprint density at radius 2 is 1.53 bits per heavy atom. The van der Waals surface area contributed by atoms with Gasteiger partial charge in [0.1, 0.15) is 0 Å². The molecule has 19 heavy (non-hydrogen) atoms. The van der Waals surface area contributed by atoms with Gasteiger partial charge >= 0.3 is 0 Å². The van der Waals surface area contributed by atoms with E-state index in [0.29, 0.717) is 12.5 Å². The Kier molecular flexibility index (Phi) is 5.09. The van der Waals surface area contributed by atoms with E-state index in [1.807, 2.05) is 24.3 Å². The number of benzene rings is 2. The highest BCUT2D eigenvalue weighted by Gasteiger charge is 2.01. The molecule has 0 aliphatic carbocycles.